The van der Waals surface area contributed by atoms with Crippen LogP contribution >= 0.6 is 0 Å². The SMILES string of the molecule is CCCCCCCCN=Cc1c(O)n(C)c(=O)n(C)c1=O. The van der Waals surface area contributed by atoms with Crippen LogP contribution in [-0.2, 0) is 14.1 Å². The molecule has 0 unspecified atom stereocenters. The molecule has 0 aliphatic carbocycles. The average Bonchev–Trinajstić information content (AvgIpc) is 2.49. The van der Waals surface area contributed by atoms with Gasteiger partial charge in [-0.1, -0.05) is 39.0 Å². The summed E-state index contributed by atoms with van der Waals surface area (Å²) >= 11 is 0. The second-order valence-corrected chi connectivity index (χ2v) is 5.25. The smallest absolute Gasteiger partial charge is 0.333 e. The third kappa shape index (κ3) is 4.58. The largest absolute Gasteiger partial charge is 0.494 e. The van der Waals surface area contributed by atoms with E-state index in [1.165, 1.54) is 46.0 Å². The molecule has 0 aromatic carbocycles. The Kier molecular flexibility index (Phi) is 6.91. The Morgan fingerprint density at radius 1 is 1.05 bits per heavy atom. The second-order valence-electron chi connectivity index (χ2n) is 5.25. The summed E-state index contributed by atoms with van der Waals surface area (Å²) in [5, 5.41) is 9.84. The van der Waals surface area contributed by atoms with Crippen molar-refractivity contribution in [2.24, 2.45) is 19.1 Å². The van der Waals surface area contributed by atoms with Crippen LogP contribution in [0.3, 0.4) is 0 Å². The van der Waals surface area contributed by atoms with Crippen molar-refractivity contribution in [1.29, 1.82) is 0 Å². The highest BCUT2D eigenvalue weighted by Gasteiger charge is 2.12. The maximum atomic E-state index is 11.9. The Morgan fingerprint density at radius 2 is 1.67 bits per heavy atom. The molecular weight excluding hydrogens is 270 g/mol. The minimum Gasteiger partial charge on any atom is -0.494 e. The van der Waals surface area contributed by atoms with E-state index in [2.05, 4.69) is 11.9 Å². The lowest BCUT2D eigenvalue weighted by Gasteiger charge is -2.06. The molecule has 0 aliphatic heterocycles. The van der Waals surface area contributed by atoms with Gasteiger partial charge >= 0.3 is 5.69 Å². The van der Waals surface area contributed by atoms with Crippen LogP contribution < -0.4 is 11.2 Å². The lowest BCUT2D eigenvalue weighted by atomic mass is 10.1. The molecule has 0 aliphatic rings. The molecule has 0 radical (unpaired) electrons. The molecule has 0 amide bonds. The molecule has 1 rings (SSSR count). The summed E-state index contributed by atoms with van der Waals surface area (Å²) in [5.41, 5.74) is -1.02. The quantitative estimate of drug-likeness (QED) is 0.584. The summed E-state index contributed by atoms with van der Waals surface area (Å²) in [7, 11) is 2.80. The summed E-state index contributed by atoms with van der Waals surface area (Å²) in [6.45, 7) is 2.81. The Bertz CT molecular complexity index is 599. The number of aromatic hydroxyl groups is 1. The van der Waals surface area contributed by atoms with Crippen molar-refractivity contribution in [2.45, 2.75) is 45.4 Å². The number of rotatable bonds is 8. The van der Waals surface area contributed by atoms with Crippen molar-refractivity contribution in [2.75, 3.05) is 6.54 Å². The zero-order chi connectivity index (χ0) is 15.8. The van der Waals surface area contributed by atoms with Gasteiger partial charge in [0.1, 0.15) is 5.56 Å². The monoisotopic (exact) mass is 295 g/mol. The standard InChI is InChI=1S/C15H25N3O3/c1-4-5-6-7-8-9-10-16-11-12-13(19)17(2)15(21)18(3)14(12)20/h11,19H,4-10H2,1-3H3. The zero-order valence-electron chi connectivity index (χ0n) is 13.1. The predicted molar refractivity (Wildman–Crippen MR) is 84.4 cm³/mol. The number of hydrogen-bond acceptors (Lipinski definition) is 4. The van der Waals surface area contributed by atoms with Crippen LogP contribution in [0.2, 0.25) is 0 Å². The molecule has 0 saturated carbocycles. The Balaban J connectivity index is 2.62. The fourth-order valence-corrected chi connectivity index (χ4v) is 2.11. The average molecular weight is 295 g/mol. The fraction of sp³-hybridized carbons (Fsp3) is 0.667. The number of unbranched alkanes of at least 4 members (excludes halogenated alkanes) is 5. The minimum absolute atomic E-state index is 0.0607. The van der Waals surface area contributed by atoms with E-state index < -0.39 is 11.2 Å². The van der Waals surface area contributed by atoms with Gasteiger partial charge in [0.15, 0.2) is 0 Å². The molecule has 21 heavy (non-hydrogen) atoms. The highest BCUT2D eigenvalue weighted by molar-refractivity contribution is 5.81. The molecule has 1 aromatic heterocycles. The first kappa shape index (κ1) is 17.2. The Hall–Kier alpha value is -1.85. The van der Waals surface area contributed by atoms with E-state index in [0.717, 1.165) is 22.0 Å². The first-order chi connectivity index (χ1) is 10.0. The molecule has 118 valence electrons. The third-order valence-corrected chi connectivity index (χ3v) is 3.53. The van der Waals surface area contributed by atoms with Crippen molar-refractivity contribution in [3.8, 4) is 5.88 Å². The van der Waals surface area contributed by atoms with Gasteiger partial charge in [0.25, 0.3) is 5.56 Å². The van der Waals surface area contributed by atoms with Gasteiger partial charge in [0.2, 0.25) is 5.88 Å². The molecule has 1 N–H and O–H groups in total. The van der Waals surface area contributed by atoms with Crippen LogP contribution in [-0.4, -0.2) is 27.0 Å². The lowest BCUT2D eigenvalue weighted by molar-refractivity contribution is 0.410. The molecule has 1 aromatic rings. The zero-order valence-corrected chi connectivity index (χ0v) is 13.1. The van der Waals surface area contributed by atoms with Gasteiger partial charge < -0.3 is 5.11 Å². The molecular formula is C15H25N3O3. The van der Waals surface area contributed by atoms with E-state index >= 15 is 0 Å². The fourth-order valence-electron chi connectivity index (χ4n) is 2.11. The predicted octanol–water partition coefficient (Wildman–Crippen LogP) is 1.57. The summed E-state index contributed by atoms with van der Waals surface area (Å²) in [6.07, 6.45) is 8.40. The normalized spacial score (nSPS) is 11.4. The van der Waals surface area contributed by atoms with Crippen LogP contribution in [0.5, 0.6) is 5.88 Å². The van der Waals surface area contributed by atoms with Crippen molar-refractivity contribution >= 4 is 6.21 Å². The van der Waals surface area contributed by atoms with E-state index in [4.69, 9.17) is 0 Å². The van der Waals surface area contributed by atoms with Gasteiger partial charge in [-0.25, -0.2) is 4.79 Å². The molecule has 1 heterocycles. The van der Waals surface area contributed by atoms with Crippen molar-refractivity contribution < 1.29 is 5.11 Å². The van der Waals surface area contributed by atoms with Gasteiger partial charge in [0.05, 0.1) is 0 Å². The highest BCUT2D eigenvalue weighted by atomic mass is 16.3. The summed E-state index contributed by atoms with van der Waals surface area (Å²) in [5.74, 6) is -0.338. The number of nitrogens with zero attached hydrogens (tertiary/aromatic N) is 3. The van der Waals surface area contributed by atoms with E-state index in [-0.39, 0.29) is 11.4 Å². The van der Waals surface area contributed by atoms with Crippen LogP contribution in [0.1, 0.15) is 51.0 Å². The summed E-state index contributed by atoms with van der Waals surface area (Å²) < 4.78 is 2.00. The van der Waals surface area contributed by atoms with E-state index in [1.54, 1.807) is 0 Å². The minimum atomic E-state index is -0.550. The molecule has 0 saturated heterocycles. The first-order valence-corrected chi connectivity index (χ1v) is 7.49. The van der Waals surface area contributed by atoms with Crippen molar-refractivity contribution in [3.63, 3.8) is 0 Å². The number of hydrogen-bond donors (Lipinski definition) is 1. The highest BCUT2D eigenvalue weighted by Crippen LogP contribution is 2.07. The van der Waals surface area contributed by atoms with Crippen LogP contribution in [0.25, 0.3) is 0 Å². The van der Waals surface area contributed by atoms with Gasteiger partial charge in [-0.05, 0) is 6.42 Å². The molecule has 0 fully saturated rings. The lowest BCUT2D eigenvalue weighted by Crippen LogP contribution is -2.38. The molecule has 0 bridgehead atoms. The Labute approximate surface area is 124 Å². The molecule has 6 heteroatoms. The van der Waals surface area contributed by atoms with Gasteiger partial charge in [-0.15, -0.1) is 0 Å². The van der Waals surface area contributed by atoms with Crippen LogP contribution in [0.15, 0.2) is 14.6 Å². The maximum Gasteiger partial charge on any atom is 0.333 e. The topological polar surface area (TPSA) is 76.6 Å². The Morgan fingerprint density at radius 3 is 2.33 bits per heavy atom. The van der Waals surface area contributed by atoms with E-state index in [1.807, 2.05) is 0 Å². The summed E-state index contributed by atoms with van der Waals surface area (Å²) in [4.78, 5) is 27.7. The summed E-state index contributed by atoms with van der Waals surface area (Å²) in [6, 6.07) is 0. The molecule has 6 nitrogen and oxygen atoms in total. The maximum absolute atomic E-state index is 11.9. The second kappa shape index (κ2) is 8.44. The third-order valence-electron chi connectivity index (χ3n) is 3.53. The van der Waals surface area contributed by atoms with Crippen molar-refractivity contribution in [3.05, 3.63) is 26.4 Å². The number of aromatic nitrogens is 2. The van der Waals surface area contributed by atoms with Crippen LogP contribution in [0, 0.1) is 0 Å². The van der Waals surface area contributed by atoms with Crippen molar-refractivity contribution in [1.82, 2.24) is 9.13 Å². The van der Waals surface area contributed by atoms with Crippen LogP contribution in [0.4, 0.5) is 0 Å². The van der Waals surface area contributed by atoms with E-state index in [9.17, 15) is 14.7 Å². The first-order valence-electron chi connectivity index (χ1n) is 7.49. The van der Waals surface area contributed by atoms with Gasteiger partial charge in [-0.2, -0.15) is 0 Å². The molecule has 0 atom stereocenters. The molecule has 0 spiro atoms. The van der Waals surface area contributed by atoms with E-state index in [0.29, 0.717) is 6.54 Å². The van der Waals surface area contributed by atoms with Gasteiger partial charge in [0, 0.05) is 26.9 Å². The number of aliphatic imine (C=N–C) groups is 1. The van der Waals surface area contributed by atoms with Gasteiger partial charge in [-0.3, -0.25) is 18.9 Å².